The summed E-state index contributed by atoms with van der Waals surface area (Å²) in [6.45, 7) is 6.82. The van der Waals surface area contributed by atoms with Gasteiger partial charge in [0.1, 0.15) is 19.3 Å². The molecule has 0 aliphatic rings. The lowest BCUT2D eigenvalue weighted by atomic mass is 10.0. The lowest BCUT2D eigenvalue weighted by Crippen LogP contribution is -2.47. The smallest absolute Gasteiger partial charge is 0.306 e. The molecule has 1 amide bonds. The van der Waals surface area contributed by atoms with Crippen molar-refractivity contribution in [3.63, 3.8) is 0 Å². The fourth-order valence-electron chi connectivity index (χ4n) is 9.44. The van der Waals surface area contributed by atoms with E-state index in [9.17, 15) is 19.0 Å². The highest BCUT2D eigenvalue weighted by Crippen LogP contribution is 2.38. The number of esters is 1. The predicted octanol–water partition coefficient (Wildman–Crippen LogP) is 20.2. The Bertz CT molecular complexity index is 1580. The van der Waals surface area contributed by atoms with Gasteiger partial charge in [0.2, 0.25) is 5.91 Å². The van der Waals surface area contributed by atoms with E-state index in [4.69, 9.17) is 13.8 Å². The summed E-state index contributed by atoms with van der Waals surface area (Å²) in [5.74, 6) is -0.558. The zero-order valence-electron chi connectivity index (χ0n) is 52.6. The van der Waals surface area contributed by atoms with Crippen LogP contribution in [0.2, 0.25) is 0 Å². The molecule has 0 fully saturated rings. The molecule has 3 unspecified atom stereocenters. The molecule has 10 heteroatoms. The van der Waals surface area contributed by atoms with Gasteiger partial charge in [-0.2, -0.15) is 0 Å². The van der Waals surface area contributed by atoms with Crippen molar-refractivity contribution in [1.29, 1.82) is 0 Å². The molecule has 0 saturated heterocycles. The molecule has 0 spiro atoms. The zero-order chi connectivity index (χ0) is 57.9. The molecule has 9 nitrogen and oxygen atoms in total. The van der Waals surface area contributed by atoms with Gasteiger partial charge >= 0.3 is 5.97 Å². The second-order valence-electron chi connectivity index (χ2n) is 23.6. The molecule has 0 aromatic rings. The first-order valence-corrected chi connectivity index (χ1v) is 34.7. The number of likely N-dealkylation sites (N-methyl/N-ethyl adjacent to an activating group) is 1. The zero-order valence-corrected chi connectivity index (χ0v) is 53.5. The second kappa shape index (κ2) is 58.6. The van der Waals surface area contributed by atoms with Crippen molar-refractivity contribution in [1.82, 2.24) is 5.32 Å². The van der Waals surface area contributed by atoms with Crippen molar-refractivity contribution in [3.05, 3.63) is 72.9 Å². The number of allylic oxidation sites excluding steroid dienone is 11. The van der Waals surface area contributed by atoms with Crippen LogP contribution in [-0.4, -0.2) is 69.4 Å². The van der Waals surface area contributed by atoms with E-state index in [0.717, 1.165) is 89.9 Å². The molecule has 0 aliphatic carbocycles. The largest absolute Gasteiger partial charge is 0.756 e. The van der Waals surface area contributed by atoms with Crippen molar-refractivity contribution >= 4 is 19.7 Å². The summed E-state index contributed by atoms with van der Waals surface area (Å²) in [5, 5.41) is 3.03. The second-order valence-corrected chi connectivity index (χ2v) is 25.0. The Kier molecular flexibility index (Phi) is 56.7. The fraction of sp³-hybridized carbons (Fsp3) is 0.797. The highest BCUT2D eigenvalue weighted by atomic mass is 31.2. The quantitative estimate of drug-likeness (QED) is 0.0212. The number of quaternary nitrogens is 1. The molecule has 0 heterocycles. The third kappa shape index (κ3) is 59.9. The van der Waals surface area contributed by atoms with Gasteiger partial charge in [-0.1, -0.05) is 261 Å². The van der Waals surface area contributed by atoms with Crippen molar-refractivity contribution in [2.75, 3.05) is 40.9 Å². The van der Waals surface area contributed by atoms with Crippen LogP contribution in [0.1, 0.15) is 303 Å². The molecule has 3 atom stereocenters. The van der Waals surface area contributed by atoms with Crippen LogP contribution in [0, 0.1) is 0 Å². The standard InChI is InChI=1S/C69H127N2O7P/c1-7-10-13-16-19-22-25-28-30-32-34-35-37-38-40-43-46-49-52-55-58-61-68(72)70-66(65-77-79(74,75)76-64-63-71(4,5)6)67(60-57-54-51-48-45-42-27-24-21-18-15-12-9-3)78-69(73)62-59-56-53-50-47-44-41-39-36-33-31-29-26-23-20-17-14-11-8-2/h19,22,28-31,34-35,38,40,57,60,66-67H,7-18,20-21,23-27,32-33,36-37,39,41-56,58-59,61-65H2,1-6H3,(H-,70,72,74,75)/b22-19-,30-28-,31-29+,35-34-,40-38-,60-57+. The Balaban J connectivity index is 5.26. The van der Waals surface area contributed by atoms with Crippen molar-refractivity contribution in [2.24, 2.45) is 0 Å². The number of phosphoric acid groups is 1. The van der Waals surface area contributed by atoms with Gasteiger partial charge in [0, 0.05) is 12.8 Å². The van der Waals surface area contributed by atoms with Gasteiger partial charge in [0.25, 0.3) is 7.82 Å². The maximum Gasteiger partial charge on any atom is 0.306 e. The molecule has 0 bridgehead atoms. The minimum absolute atomic E-state index is 0.0284. The van der Waals surface area contributed by atoms with Gasteiger partial charge in [0.15, 0.2) is 0 Å². The average molecular weight is 1130 g/mol. The van der Waals surface area contributed by atoms with Crippen LogP contribution in [0.15, 0.2) is 72.9 Å². The number of carbonyl (C=O) groups is 2. The molecular weight excluding hydrogens is 1000 g/mol. The molecule has 0 radical (unpaired) electrons. The van der Waals surface area contributed by atoms with E-state index < -0.39 is 26.6 Å². The van der Waals surface area contributed by atoms with Crippen LogP contribution < -0.4 is 10.2 Å². The number of carbonyl (C=O) groups excluding carboxylic acids is 2. The summed E-state index contributed by atoms with van der Waals surface area (Å²) >= 11 is 0. The van der Waals surface area contributed by atoms with Gasteiger partial charge in [-0.3, -0.25) is 14.2 Å². The van der Waals surface area contributed by atoms with Crippen molar-refractivity contribution in [2.45, 2.75) is 315 Å². The first kappa shape index (κ1) is 76.5. The monoisotopic (exact) mass is 1130 g/mol. The highest BCUT2D eigenvalue weighted by molar-refractivity contribution is 7.45. The molecule has 0 aromatic carbocycles. The topological polar surface area (TPSA) is 114 Å². The number of phosphoric ester groups is 1. The average Bonchev–Trinajstić information content (AvgIpc) is 3.41. The predicted molar refractivity (Wildman–Crippen MR) is 339 cm³/mol. The number of unbranched alkanes of at least 4 members (excludes halogenated alkanes) is 34. The third-order valence-electron chi connectivity index (χ3n) is 14.6. The van der Waals surface area contributed by atoms with Crippen LogP contribution in [0.3, 0.4) is 0 Å². The van der Waals surface area contributed by atoms with Crippen LogP contribution in [-0.2, 0) is 27.9 Å². The Hall–Kier alpha value is -2.55. The van der Waals surface area contributed by atoms with Crippen molar-refractivity contribution in [3.8, 4) is 0 Å². The van der Waals surface area contributed by atoms with E-state index in [2.05, 4.69) is 86.8 Å². The Morgan fingerprint density at radius 3 is 1.19 bits per heavy atom. The van der Waals surface area contributed by atoms with Crippen LogP contribution >= 0.6 is 7.82 Å². The molecule has 0 aromatic heterocycles. The van der Waals surface area contributed by atoms with E-state index in [1.807, 2.05) is 33.3 Å². The summed E-state index contributed by atoms with van der Waals surface area (Å²) in [6, 6.07) is -0.902. The third-order valence-corrected chi connectivity index (χ3v) is 15.6. The van der Waals surface area contributed by atoms with Gasteiger partial charge in [-0.05, 0) is 102 Å². The van der Waals surface area contributed by atoms with E-state index in [0.29, 0.717) is 23.9 Å². The molecule has 0 saturated carbocycles. The SMILES string of the molecule is CCCCC/C=C\C/C=C\C/C=C\C/C=C\CCCCCCCC(=O)NC(COP(=O)([O-])OCC[N+](C)(C)C)C(/C=C/CCCCCCCCCCCCC)OC(=O)CCCCCCCCCCC/C=C/CCCCCCCC. The maximum absolute atomic E-state index is 13.6. The van der Waals surface area contributed by atoms with E-state index in [1.54, 1.807) is 0 Å². The van der Waals surface area contributed by atoms with E-state index in [1.165, 1.54) is 173 Å². The Morgan fingerprint density at radius 2 is 0.772 bits per heavy atom. The Labute approximate surface area is 489 Å². The number of nitrogens with one attached hydrogen (secondary N) is 1. The lowest BCUT2D eigenvalue weighted by Gasteiger charge is -2.30. The number of hydrogen-bond acceptors (Lipinski definition) is 7. The van der Waals surface area contributed by atoms with Crippen molar-refractivity contribution < 1.29 is 37.3 Å². The number of nitrogens with zero attached hydrogens (tertiary/aromatic N) is 1. The van der Waals surface area contributed by atoms with Gasteiger partial charge in [-0.15, -0.1) is 0 Å². The van der Waals surface area contributed by atoms with Crippen LogP contribution in [0.25, 0.3) is 0 Å². The summed E-state index contributed by atoms with van der Waals surface area (Å²) < 4.78 is 30.4. The lowest BCUT2D eigenvalue weighted by molar-refractivity contribution is -0.870. The molecule has 1 N–H and O–H groups in total. The number of amides is 1. The van der Waals surface area contributed by atoms with Gasteiger partial charge < -0.3 is 28.5 Å². The van der Waals surface area contributed by atoms with Crippen LogP contribution in [0.4, 0.5) is 0 Å². The number of hydrogen-bond donors (Lipinski definition) is 1. The first-order valence-electron chi connectivity index (χ1n) is 33.2. The molecule has 0 aliphatic heterocycles. The molecule has 0 rings (SSSR count). The summed E-state index contributed by atoms with van der Waals surface area (Å²) in [4.78, 5) is 40.1. The van der Waals surface area contributed by atoms with Crippen LogP contribution in [0.5, 0.6) is 0 Å². The minimum Gasteiger partial charge on any atom is -0.756 e. The summed E-state index contributed by atoms with van der Waals surface area (Å²) in [6.07, 6.45) is 75.8. The van der Waals surface area contributed by atoms with Gasteiger partial charge in [-0.25, -0.2) is 0 Å². The molecule has 460 valence electrons. The molecular formula is C69H127N2O7P. The summed E-state index contributed by atoms with van der Waals surface area (Å²) in [5.41, 5.74) is 0. The highest BCUT2D eigenvalue weighted by Gasteiger charge is 2.27. The first-order chi connectivity index (χ1) is 38.4. The minimum atomic E-state index is -4.71. The number of rotatable bonds is 60. The van der Waals surface area contributed by atoms with Gasteiger partial charge in [0.05, 0.1) is 33.8 Å². The fourth-order valence-corrected chi connectivity index (χ4v) is 10.2. The molecule has 79 heavy (non-hydrogen) atoms. The summed E-state index contributed by atoms with van der Waals surface area (Å²) in [7, 11) is 1.17. The maximum atomic E-state index is 13.6. The number of ether oxygens (including phenoxy) is 1. The van der Waals surface area contributed by atoms with E-state index >= 15 is 0 Å². The normalized spacial score (nSPS) is 14.1. The van der Waals surface area contributed by atoms with E-state index in [-0.39, 0.29) is 24.9 Å². The Morgan fingerprint density at radius 1 is 0.443 bits per heavy atom.